The Morgan fingerprint density at radius 3 is 2.65 bits per heavy atom. The second kappa shape index (κ2) is 10.9. The molecule has 8 heteroatoms. The third kappa shape index (κ3) is 5.53. The molecule has 2 N–H and O–H groups in total. The Labute approximate surface area is 209 Å². The molecule has 1 fully saturated rings. The minimum atomic E-state index is -0.239. The van der Waals surface area contributed by atoms with E-state index in [2.05, 4.69) is 49.9 Å². The fraction of sp³-hybridized carbons (Fsp3) is 0.423. The summed E-state index contributed by atoms with van der Waals surface area (Å²) in [5.74, 6) is 4.91. The van der Waals surface area contributed by atoms with E-state index in [-0.39, 0.29) is 30.0 Å². The molecule has 34 heavy (non-hydrogen) atoms. The predicted molar refractivity (Wildman–Crippen MR) is 138 cm³/mol. The molecule has 1 aliphatic rings. The maximum atomic E-state index is 13.1. The molecule has 0 aliphatic carbocycles. The molecular formula is C26H31BrN4O3. The van der Waals surface area contributed by atoms with Crippen molar-refractivity contribution in [3.63, 3.8) is 0 Å². The van der Waals surface area contributed by atoms with Gasteiger partial charge in [0.2, 0.25) is 0 Å². The maximum absolute atomic E-state index is 13.1. The number of likely N-dealkylation sites (N-methyl/N-ethyl adjacent to an activating group) is 1. The standard InChI is InChI=1S/C26H31BrN4O3/c1-6-8-24(32)30-10-9-20(15-30)31(7-2)23-13-19(27)12-21(18(23)5)25(33)28-14-22-16(3)11-17(4)29-26(22)34/h11-13,20H,7,9-10,14-15H2,1-5H3,(H,28,33)(H,29,34). The Morgan fingerprint density at radius 2 is 2.00 bits per heavy atom. The first-order chi connectivity index (χ1) is 16.2. The van der Waals surface area contributed by atoms with E-state index in [0.29, 0.717) is 24.2 Å². The third-order valence-electron chi connectivity index (χ3n) is 6.28. The molecule has 1 unspecified atom stereocenters. The number of aryl methyl sites for hydroxylation is 2. The molecule has 2 amide bonds. The number of benzene rings is 1. The molecule has 0 radical (unpaired) electrons. The number of halogens is 1. The highest BCUT2D eigenvalue weighted by atomic mass is 79.9. The average molecular weight is 527 g/mol. The number of nitrogens with zero attached hydrogens (tertiary/aromatic N) is 2. The van der Waals surface area contributed by atoms with E-state index >= 15 is 0 Å². The smallest absolute Gasteiger partial charge is 0.298 e. The molecule has 180 valence electrons. The lowest BCUT2D eigenvalue weighted by Crippen LogP contribution is -2.39. The molecule has 3 rings (SSSR count). The zero-order chi connectivity index (χ0) is 25.0. The monoisotopic (exact) mass is 526 g/mol. The van der Waals surface area contributed by atoms with Gasteiger partial charge in [0.1, 0.15) is 0 Å². The number of hydrogen-bond acceptors (Lipinski definition) is 4. The minimum absolute atomic E-state index is 0.144. The van der Waals surface area contributed by atoms with Gasteiger partial charge >= 0.3 is 0 Å². The molecule has 1 saturated heterocycles. The number of pyridine rings is 1. The summed E-state index contributed by atoms with van der Waals surface area (Å²) in [7, 11) is 0. The summed E-state index contributed by atoms with van der Waals surface area (Å²) >= 11 is 3.56. The van der Waals surface area contributed by atoms with E-state index in [9.17, 15) is 14.4 Å². The third-order valence-corrected chi connectivity index (χ3v) is 6.74. The van der Waals surface area contributed by atoms with Gasteiger partial charge in [-0.25, -0.2) is 0 Å². The van der Waals surface area contributed by atoms with Crippen LogP contribution in [-0.4, -0.2) is 47.4 Å². The lowest BCUT2D eigenvalue weighted by molar-refractivity contribution is -0.124. The van der Waals surface area contributed by atoms with Gasteiger partial charge in [0, 0.05) is 59.2 Å². The number of H-pyrrole nitrogens is 1. The van der Waals surface area contributed by atoms with Gasteiger partial charge in [0.15, 0.2) is 0 Å². The Hall–Kier alpha value is -3.05. The van der Waals surface area contributed by atoms with Gasteiger partial charge in [-0.1, -0.05) is 21.9 Å². The number of carbonyl (C=O) groups excluding carboxylic acids is 2. The van der Waals surface area contributed by atoms with Crippen LogP contribution < -0.4 is 15.8 Å². The van der Waals surface area contributed by atoms with Gasteiger partial charge < -0.3 is 20.1 Å². The van der Waals surface area contributed by atoms with Crippen molar-refractivity contribution >= 4 is 33.4 Å². The molecule has 1 aromatic heterocycles. The van der Waals surface area contributed by atoms with Crippen LogP contribution in [0.4, 0.5) is 5.69 Å². The van der Waals surface area contributed by atoms with Gasteiger partial charge in [-0.2, -0.15) is 0 Å². The number of carbonyl (C=O) groups is 2. The van der Waals surface area contributed by atoms with Gasteiger partial charge in [-0.3, -0.25) is 14.4 Å². The Kier molecular flexibility index (Phi) is 8.21. The zero-order valence-electron chi connectivity index (χ0n) is 20.3. The fourth-order valence-electron chi connectivity index (χ4n) is 4.56. The summed E-state index contributed by atoms with van der Waals surface area (Å²) in [6.45, 7) is 11.5. The molecule has 1 aromatic carbocycles. The van der Waals surface area contributed by atoms with Crippen LogP contribution in [0.2, 0.25) is 0 Å². The molecule has 0 spiro atoms. The van der Waals surface area contributed by atoms with Crippen LogP contribution in [-0.2, 0) is 11.3 Å². The van der Waals surface area contributed by atoms with Gasteiger partial charge in [-0.15, -0.1) is 0 Å². The van der Waals surface area contributed by atoms with Crippen molar-refractivity contribution < 1.29 is 9.59 Å². The molecule has 1 atom stereocenters. The summed E-state index contributed by atoms with van der Waals surface area (Å²) in [4.78, 5) is 44.5. The van der Waals surface area contributed by atoms with E-state index < -0.39 is 0 Å². The second-order valence-electron chi connectivity index (χ2n) is 8.58. The van der Waals surface area contributed by atoms with E-state index in [1.165, 1.54) is 0 Å². The largest absolute Gasteiger partial charge is 0.367 e. The molecule has 7 nitrogen and oxygen atoms in total. The topological polar surface area (TPSA) is 85.5 Å². The Balaban J connectivity index is 1.83. The second-order valence-corrected chi connectivity index (χ2v) is 9.49. The summed E-state index contributed by atoms with van der Waals surface area (Å²) < 4.78 is 0.795. The SMILES string of the molecule is CC#CC(=O)N1CCC(N(CC)c2cc(Br)cc(C(=O)NCc3c(C)cc(C)[nH]c3=O)c2C)C1. The van der Waals surface area contributed by atoms with Crippen LogP contribution in [0.1, 0.15) is 53.0 Å². The summed E-state index contributed by atoms with van der Waals surface area (Å²) in [5.41, 5.74) is 4.36. The normalized spacial score (nSPS) is 15.0. The molecular weight excluding hydrogens is 496 g/mol. The van der Waals surface area contributed by atoms with Crippen molar-refractivity contribution in [3.8, 4) is 11.8 Å². The number of likely N-dealkylation sites (tertiary alicyclic amines) is 1. The van der Waals surface area contributed by atoms with Crippen molar-refractivity contribution in [3.05, 3.63) is 61.0 Å². The van der Waals surface area contributed by atoms with Crippen molar-refractivity contribution in [2.75, 3.05) is 24.5 Å². The number of aromatic amines is 1. The first-order valence-electron chi connectivity index (χ1n) is 11.4. The van der Waals surface area contributed by atoms with Gasteiger partial charge in [0.25, 0.3) is 17.4 Å². The predicted octanol–water partition coefficient (Wildman–Crippen LogP) is 3.44. The number of aromatic nitrogens is 1. The van der Waals surface area contributed by atoms with Gasteiger partial charge in [0.05, 0.1) is 0 Å². The van der Waals surface area contributed by atoms with Crippen LogP contribution in [0.5, 0.6) is 0 Å². The molecule has 0 saturated carbocycles. The number of nitrogens with one attached hydrogen (secondary N) is 2. The highest BCUT2D eigenvalue weighted by Gasteiger charge is 2.31. The van der Waals surface area contributed by atoms with E-state index in [1.807, 2.05) is 32.9 Å². The maximum Gasteiger partial charge on any atom is 0.298 e. The van der Waals surface area contributed by atoms with E-state index in [0.717, 1.165) is 39.9 Å². The molecule has 2 heterocycles. The summed E-state index contributed by atoms with van der Waals surface area (Å²) in [5, 5.41) is 2.91. The van der Waals surface area contributed by atoms with Crippen LogP contribution in [0.15, 0.2) is 27.5 Å². The lowest BCUT2D eigenvalue weighted by Gasteiger charge is -2.32. The lowest BCUT2D eigenvalue weighted by atomic mass is 10.0. The quantitative estimate of drug-likeness (QED) is 0.564. The fourth-order valence-corrected chi connectivity index (χ4v) is 5.00. The summed E-state index contributed by atoms with van der Waals surface area (Å²) in [6, 6.07) is 5.85. The first kappa shape index (κ1) is 25.6. The van der Waals surface area contributed by atoms with Crippen molar-refractivity contribution in [1.82, 2.24) is 15.2 Å². The molecule has 0 bridgehead atoms. The zero-order valence-corrected chi connectivity index (χ0v) is 21.9. The Morgan fingerprint density at radius 1 is 1.26 bits per heavy atom. The highest BCUT2D eigenvalue weighted by molar-refractivity contribution is 9.10. The average Bonchev–Trinajstić information content (AvgIpc) is 3.25. The first-order valence-corrected chi connectivity index (χ1v) is 12.2. The van der Waals surface area contributed by atoms with Crippen LogP contribution >= 0.6 is 15.9 Å². The molecule has 2 aromatic rings. The highest BCUT2D eigenvalue weighted by Crippen LogP contribution is 2.31. The summed E-state index contributed by atoms with van der Waals surface area (Å²) in [6.07, 6.45) is 0.841. The van der Waals surface area contributed by atoms with Crippen LogP contribution in [0.25, 0.3) is 0 Å². The van der Waals surface area contributed by atoms with Crippen molar-refractivity contribution in [2.24, 2.45) is 0 Å². The van der Waals surface area contributed by atoms with E-state index in [1.54, 1.807) is 17.9 Å². The van der Waals surface area contributed by atoms with Crippen molar-refractivity contribution in [2.45, 2.75) is 53.6 Å². The number of rotatable bonds is 6. The number of anilines is 1. The molecule has 1 aliphatic heterocycles. The minimum Gasteiger partial charge on any atom is -0.367 e. The van der Waals surface area contributed by atoms with Gasteiger partial charge in [-0.05, 0) is 76.3 Å². The van der Waals surface area contributed by atoms with Crippen molar-refractivity contribution in [1.29, 1.82) is 0 Å². The van der Waals surface area contributed by atoms with Crippen LogP contribution in [0.3, 0.4) is 0 Å². The number of amides is 2. The number of hydrogen-bond donors (Lipinski definition) is 2. The van der Waals surface area contributed by atoms with Crippen LogP contribution in [0, 0.1) is 32.6 Å². The Bertz CT molecular complexity index is 1230. The van der Waals surface area contributed by atoms with E-state index in [4.69, 9.17) is 0 Å².